The zero-order valence-corrected chi connectivity index (χ0v) is 16.3. The van der Waals surface area contributed by atoms with Crippen LogP contribution in [0, 0.1) is 12.8 Å². The SMILES string of the molecule is Cc1nnc(NC(=O)CSc2nnc(-c3cccnc3)n2CC(C)C)s1. The maximum Gasteiger partial charge on any atom is 0.236 e. The van der Waals surface area contributed by atoms with E-state index in [-0.39, 0.29) is 11.7 Å². The third-order valence-corrected chi connectivity index (χ3v) is 5.01. The van der Waals surface area contributed by atoms with Crippen molar-refractivity contribution in [3.05, 3.63) is 29.5 Å². The Bertz CT molecular complexity index is 876. The first kappa shape index (κ1) is 18.5. The summed E-state index contributed by atoms with van der Waals surface area (Å²) in [5, 5.41) is 21.1. The number of hydrogen-bond donors (Lipinski definition) is 1. The highest BCUT2D eigenvalue weighted by Crippen LogP contribution is 2.25. The molecule has 0 fully saturated rings. The summed E-state index contributed by atoms with van der Waals surface area (Å²) >= 11 is 2.70. The van der Waals surface area contributed by atoms with Gasteiger partial charge < -0.3 is 4.57 Å². The van der Waals surface area contributed by atoms with Gasteiger partial charge in [-0.1, -0.05) is 36.9 Å². The quantitative estimate of drug-likeness (QED) is 0.620. The highest BCUT2D eigenvalue weighted by molar-refractivity contribution is 7.99. The highest BCUT2D eigenvalue weighted by Gasteiger charge is 2.17. The van der Waals surface area contributed by atoms with Gasteiger partial charge in [0, 0.05) is 24.5 Å². The molecule has 0 aromatic carbocycles. The van der Waals surface area contributed by atoms with Crippen LogP contribution < -0.4 is 5.32 Å². The Morgan fingerprint density at radius 1 is 1.31 bits per heavy atom. The predicted molar refractivity (Wildman–Crippen MR) is 102 cm³/mol. The van der Waals surface area contributed by atoms with E-state index >= 15 is 0 Å². The van der Waals surface area contributed by atoms with Gasteiger partial charge in [-0.25, -0.2) is 0 Å². The van der Waals surface area contributed by atoms with Crippen LogP contribution in [0.2, 0.25) is 0 Å². The Morgan fingerprint density at radius 3 is 2.81 bits per heavy atom. The second-order valence-corrected chi connectivity index (χ2v) is 8.14. The van der Waals surface area contributed by atoms with Gasteiger partial charge in [0.05, 0.1) is 5.75 Å². The summed E-state index contributed by atoms with van der Waals surface area (Å²) in [6.45, 7) is 6.87. The van der Waals surface area contributed by atoms with Crippen molar-refractivity contribution in [3.8, 4) is 11.4 Å². The molecule has 0 radical (unpaired) electrons. The van der Waals surface area contributed by atoms with E-state index < -0.39 is 0 Å². The molecule has 0 aliphatic heterocycles. The molecule has 0 saturated heterocycles. The number of carbonyl (C=O) groups excluding carboxylic acids is 1. The van der Waals surface area contributed by atoms with Gasteiger partial charge in [-0.2, -0.15) is 0 Å². The third-order valence-electron chi connectivity index (χ3n) is 3.29. The number of aryl methyl sites for hydroxylation is 1. The van der Waals surface area contributed by atoms with Gasteiger partial charge in [0.25, 0.3) is 0 Å². The maximum atomic E-state index is 12.1. The van der Waals surface area contributed by atoms with Gasteiger partial charge >= 0.3 is 0 Å². The molecule has 0 aliphatic carbocycles. The average molecular weight is 390 g/mol. The number of amides is 1. The summed E-state index contributed by atoms with van der Waals surface area (Å²) in [4.78, 5) is 16.3. The van der Waals surface area contributed by atoms with Crippen LogP contribution in [0.15, 0.2) is 29.7 Å². The smallest absolute Gasteiger partial charge is 0.236 e. The zero-order valence-electron chi connectivity index (χ0n) is 14.7. The number of hydrogen-bond acceptors (Lipinski definition) is 8. The Morgan fingerprint density at radius 2 is 2.15 bits per heavy atom. The fourth-order valence-electron chi connectivity index (χ4n) is 2.27. The molecule has 3 aromatic heterocycles. The Balaban J connectivity index is 1.72. The van der Waals surface area contributed by atoms with E-state index in [1.807, 2.05) is 23.6 Å². The monoisotopic (exact) mass is 389 g/mol. The molecule has 0 atom stereocenters. The summed E-state index contributed by atoms with van der Waals surface area (Å²) in [7, 11) is 0. The molecule has 0 saturated carbocycles. The minimum atomic E-state index is -0.145. The molecule has 1 amide bonds. The maximum absolute atomic E-state index is 12.1. The van der Waals surface area contributed by atoms with Crippen LogP contribution >= 0.6 is 23.1 Å². The average Bonchev–Trinajstić information content (AvgIpc) is 3.19. The van der Waals surface area contributed by atoms with E-state index in [9.17, 15) is 4.79 Å². The van der Waals surface area contributed by atoms with Gasteiger partial charge in [0.2, 0.25) is 11.0 Å². The van der Waals surface area contributed by atoms with Gasteiger partial charge in [0.15, 0.2) is 11.0 Å². The number of pyridine rings is 1. The van der Waals surface area contributed by atoms with Gasteiger partial charge in [-0.3, -0.25) is 15.1 Å². The first-order chi connectivity index (χ1) is 12.5. The Labute approximate surface area is 159 Å². The minimum Gasteiger partial charge on any atom is -0.302 e. The summed E-state index contributed by atoms with van der Waals surface area (Å²) in [5.74, 6) is 1.25. The second-order valence-electron chi connectivity index (χ2n) is 6.02. The predicted octanol–water partition coefficient (Wildman–Crippen LogP) is 2.89. The van der Waals surface area contributed by atoms with Crippen molar-refractivity contribution in [2.24, 2.45) is 5.92 Å². The highest BCUT2D eigenvalue weighted by atomic mass is 32.2. The van der Waals surface area contributed by atoms with Gasteiger partial charge in [-0.05, 0) is 25.0 Å². The van der Waals surface area contributed by atoms with E-state index in [4.69, 9.17) is 0 Å². The van der Waals surface area contributed by atoms with Crippen molar-refractivity contribution in [2.45, 2.75) is 32.5 Å². The summed E-state index contributed by atoms with van der Waals surface area (Å²) in [5.41, 5.74) is 0.904. The largest absolute Gasteiger partial charge is 0.302 e. The van der Waals surface area contributed by atoms with Gasteiger partial charge in [0.1, 0.15) is 5.01 Å². The lowest BCUT2D eigenvalue weighted by Crippen LogP contribution is -2.15. The fourth-order valence-corrected chi connectivity index (χ4v) is 3.62. The van der Waals surface area contributed by atoms with Crippen molar-refractivity contribution in [2.75, 3.05) is 11.1 Å². The van der Waals surface area contributed by atoms with Crippen LogP contribution in [-0.4, -0.2) is 41.6 Å². The first-order valence-electron chi connectivity index (χ1n) is 8.09. The van der Waals surface area contributed by atoms with Crippen LogP contribution in [0.3, 0.4) is 0 Å². The van der Waals surface area contributed by atoms with E-state index in [1.165, 1.54) is 23.1 Å². The van der Waals surface area contributed by atoms with Crippen molar-refractivity contribution in [1.82, 2.24) is 29.9 Å². The molecule has 0 spiro atoms. The van der Waals surface area contributed by atoms with Crippen molar-refractivity contribution >= 4 is 34.1 Å². The molecule has 0 bridgehead atoms. The fraction of sp³-hybridized carbons (Fsp3) is 0.375. The molecular weight excluding hydrogens is 370 g/mol. The molecule has 136 valence electrons. The van der Waals surface area contributed by atoms with Crippen molar-refractivity contribution in [3.63, 3.8) is 0 Å². The molecule has 26 heavy (non-hydrogen) atoms. The topological polar surface area (TPSA) is 98.5 Å². The third kappa shape index (κ3) is 4.64. The van der Waals surface area contributed by atoms with E-state index in [2.05, 4.69) is 44.5 Å². The normalized spacial score (nSPS) is 11.1. The van der Waals surface area contributed by atoms with Crippen LogP contribution in [-0.2, 0) is 11.3 Å². The lowest BCUT2D eigenvalue weighted by atomic mass is 10.2. The number of nitrogens with one attached hydrogen (secondary N) is 1. The lowest BCUT2D eigenvalue weighted by molar-refractivity contribution is -0.113. The molecule has 0 aliphatic rings. The zero-order chi connectivity index (χ0) is 18.5. The van der Waals surface area contributed by atoms with Crippen molar-refractivity contribution < 1.29 is 4.79 Å². The standard InChI is InChI=1S/C16H19N7OS2/c1-10(2)8-23-14(12-5-4-6-17-7-12)20-22-16(23)25-9-13(24)18-15-21-19-11(3)26-15/h4-7,10H,8-9H2,1-3H3,(H,18,21,24). The van der Waals surface area contributed by atoms with E-state index in [0.29, 0.717) is 16.2 Å². The van der Waals surface area contributed by atoms with Crippen LogP contribution in [0.25, 0.3) is 11.4 Å². The van der Waals surface area contributed by atoms with Crippen LogP contribution in [0.1, 0.15) is 18.9 Å². The molecule has 0 unspecified atom stereocenters. The molecule has 3 rings (SSSR count). The molecule has 10 heteroatoms. The van der Waals surface area contributed by atoms with Crippen LogP contribution in [0.5, 0.6) is 0 Å². The number of aromatic nitrogens is 6. The number of carbonyl (C=O) groups is 1. The number of thioether (sulfide) groups is 1. The summed E-state index contributed by atoms with van der Waals surface area (Å²) < 4.78 is 2.04. The Hall–Kier alpha value is -2.33. The molecular formula is C16H19N7OS2. The first-order valence-corrected chi connectivity index (χ1v) is 9.89. The van der Waals surface area contributed by atoms with Crippen molar-refractivity contribution in [1.29, 1.82) is 0 Å². The number of anilines is 1. The minimum absolute atomic E-state index is 0.145. The molecule has 1 N–H and O–H groups in total. The number of rotatable bonds is 7. The van der Waals surface area contributed by atoms with E-state index in [0.717, 1.165) is 22.9 Å². The van der Waals surface area contributed by atoms with Gasteiger partial charge in [-0.15, -0.1) is 20.4 Å². The van der Waals surface area contributed by atoms with Crippen LogP contribution in [0.4, 0.5) is 5.13 Å². The lowest BCUT2D eigenvalue weighted by Gasteiger charge is -2.12. The molecule has 3 aromatic rings. The molecule has 8 nitrogen and oxygen atoms in total. The Kier molecular flexibility index (Phi) is 5.94. The summed E-state index contributed by atoms with van der Waals surface area (Å²) in [6, 6.07) is 3.82. The summed E-state index contributed by atoms with van der Waals surface area (Å²) in [6.07, 6.45) is 3.49. The number of nitrogens with zero attached hydrogens (tertiary/aromatic N) is 6. The van der Waals surface area contributed by atoms with E-state index in [1.54, 1.807) is 12.4 Å². The second kappa shape index (κ2) is 8.37. The molecule has 3 heterocycles.